The van der Waals surface area contributed by atoms with Crippen LogP contribution in [0.2, 0.25) is 0 Å². The lowest BCUT2D eigenvalue weighted by Gasteiger charge is -1.85. The second-order valence-electron chi connectivity index (χ2n) is 3.46. The van der Waals surface area contributed by atoms with Gasteiger partial charge in [-0.15, -0.1) is 10.2 Å². The Labute approximate surface area is 91.5 Å². The molecule has 0 aliphatic rings. The quantitative estimate of drug-likeness (QED) is 0.709. The van der Waals surface area contributed by atoms with E-state index in [1.165, 1.54) is 0 Å². The molecule has 16 heavy (non-hydrogen) atoms. The molecule has 0 amide bonds. The maximum Gasteiger partial charge on any atom is 0.283 e. The summed E-state index contributed by atoms with van der Waals surface area (Å²) in [6, 6.07) is 7.79. The number of fused-ring (bicyclic) bond motifs is 1. The second kappa shape index (κ2) is 3.44. The highest BCUT2D eigenvalue weighted by Crippen LogP contribution is 2.18. The fraction of sp³-hybridized carbons (Fsp3) is 0.182. The van der Waals surface area contributed by atoms with E-state index in [1.54, 1.807) is 0 Å². The van der Waals surface area contributed by atoms with Crippen molar-refractivity contribution >= 4 is 11.0 Å². The van der Waals surface area contributed by atoms with Gasteiger partial charge in [-0.25, -0.2) is 4.98 Å². The van der Waals surface area contributed by atoms with Crippen LogP contribution in [0, 0.1) is 0 Å². The van der Waals surface area contributed by atoms with Gasteiger partial charge in [-0.2, -0.15) is 0 Å². The summed E-state index contributed by atoms with van der Waals surface area (Å²) in [5.74, 6) is 1.68. The van der Waals surface area contributed by atoms with Crippen molar-refractivity contribution in [3.63, 3.8) is 0 Å². The van der Waals surface area contributed by atoms with Gasteiger partial charge in [0.05, 0.1) is 11.0 Å². The number of nitrogens with zero attached hydrogens (tertiary/aromatic N) is 3. The summed E-state index contributed by atoms with van der Waals surface area (Å²) in [7, 11) is 0. The first-order chi connectivity index (χ1) is 7.86. The molecule has 0 bridgehead atoms. The summed E-state index contributed by atoms with van der Waals surface area (Å²) in [6.07, 6.45) is 0.729. The van der Waals surface area contributed by atoms with E-state index in [0.29, 0.717) is 17.6 Å². The molecular weight excluding hydrogens is 204 g/mol. The smallest absolute Gasteiger partial charge is 0.283 e. The van der Waals surface area contributed by atoms with E-state index in [1.807, 2.05) is 31.2 Å². The van der Waals surface area contributed by atoms with E-state index >= 15 is 0 Å². The molecule has 0 saturated carbocycles. The van der Waals surface area contributed by atoms with Crippen molar-refractivity contribution in [3.8, 4) is 11.7 Å². The van der Waals surface area contributed by atoms with Crippen LogP contribution >= 0.6 is 0 Å². The van der Waals surface area contributed by atoms with Crippen LogP contribution in [-0.4, -0.2) is 20.2 Å². The predicted octanol–water partition coefficient (Wildman–Crippen LogP) is 2.18. The van der Waals surface area contributed by atoms with E-state index < -0.39 is 0 Å². The summed E-state index contributed by atoms with van der Waals surface area (Å²) in [5.41, 5.74) is 1.86. The third-order valence-electron chi connectivity index (χ3n) is 2.36. The topological polar surface area (TPSA) is 67.6 Å². The molecule has 0 aliphatic carbocycles. The van der Waals surface area contributed by atoms with Crippen LogP contribution in [0.15, 0.2) is 28.7 Å². The van der Waals surface area contributed by atoms with Crippen LogP contribution in [0.4, 0.5) is 0 Å². The minimum Gasteiger partial charge on any atom is -0.418 e. The molecule has 5 nitrogen and oxygen atoms in total. The molecule has 0 aliphatic heterocycles. The monoisotopic (exact) mass is 214 g/mol. The minimum absolute atomic E-state index is 0.438. The number of hydrogen-bond acceptors (Lipinski definition) is 4. The zero-order valence-electron chi connectivity index (χ0n) is 8.77. The van der Waals surface area contributed by atoms with Crippen molar-refractivity contribution in [2.75, 3.05) is 0 Å². The summed E-state index contributed by atoms with van der Waals surface area (Å²) < 4.78 is 5.43. The van der Waals surface area contributed by atoms with Crippen molar-refractivity contribution in [2.45, 2.75) is 13.3 Å². The predicted molar refractivity (Wildman–Crippen MR) is 58.8 cm³/mol. The van der Waals surface area contributed by atoms with E-state index in [-0.39, 0.29) is 0 Å². The van der Waals surface area contributed by atoms with E-state index in [9.17, 15) is 0 Å². The number of aromatic amines is 1. The number of aryl methyl sites for hydroxylation is 1. The first-order valence-corrected chi connectivity index (χ1v) is 5.14. The van der Waals surface area contributed by atoms with E-state index in [2.05, 4.69) is 20.2 Å². The maximum absolute atomic E-state index is 5.43. The number of H-pyrrole nitrogens is 1. The first kappa shape index (κ1) is 9.08. The standard InChI is InChI=1S/C11H10N4O/c1-2-9-14-15-11(16-9)10-12-7-5-3-4-6-8(7)13-10/h3-6H,2H2,1H3,(H,12,13). The Hall–Kier alpha value is -2.17. The minimum atomic E-state index is 0.438. The highest BCUT2D eigenvalue weighted by Gasteiger charge is 2.11. The molecule has 3 aromatic rings. The Balaban J connectivity index is 2.11. The summed E-state index contributed by atoms with van der Waals surface area (Å²) in [4.78, 5) is 7.52. The SMILES string of the molecule is CCc1nnc(-c2nc3ccccc3[nH]2)o1. The summed E-state index contributed by atoms with van der Waals surface area (Å²) in [6.45, 7) is 1.97. The van der Waals surface area contributed by atoms with Crippen LogP contribution in [-0.2, 0) is 6.42 Å². The number of hydrogen-bond donors (Lipinski definition) is 1. The van der Waals surface area contributed by atoms with Crippen LogP contribution in [0.3, 0.4) is 0 Å². The van der Waals surface area contributed by atoms with Gasteiger partial charge in [-0.05, 0) is 12.1 Å². The highest BCUT2D eigenvalue weighted by atomic mass is 16.4. The van der Waals surface area contributed by atoms with Crippen molar-refractivity contribution in [1.29, 1.82) is 0 Å². The third kappa shape index (κ3) is 1.37. The fourth-order valence-electron chi connectivity index (χ4n) is 1.55. The number of para-hydroxylation sites is 2. The van der Waals surface area contributed by atoms with Crippen molar-refractivity contribution in [1.82, 2.24) is 20.2 Å². The Morgan fingerprint density at radius 1 is 1.25 bits per heavy atom. The molecule has 5 heteroatoms. The van der Waals surface area contributed by atoms with Gasteiger partial charge in [0.1, 0.15) is 0 Å². The average Bonchev–Trinajstić information content (AvgIpc) is 2.95. The molecule has 3 rings (SSSR count). The number of rotatable bonds is 2. The molecular formula is C11H10N4O. The molecule has 80 valence electrons. The average molecular weight is 214 g/mol. The third-order valence-corrected chi connectivity index (χ3v) is 2.36. The van der Waals surface area contributed by atoms with Crippen molar-refractivity contribution in [2.24, 2.45) is 0 Å². The molecule has 0 radical (unpaired) electrons. The van der Waals surface area contributed by atoms with Gasteiger partial charge in [0.25, 0.3) is 5.89 Å². The molecule has 1 aromatic carbocycles. The maximum atomic E-state index is 5.43. The molecule has 0 saturated heterocycles. The Kier molecular flexibility index (Phi) is 1.96. The van der Waals surface area contributed by atoms with E-state index in [0.717, 1.165) is 17.5 Å². The first-order valence-electron chi connectivity index (χ1n) is 5.14. The molecule has 2 heterocycles. The second-order valence-corrected chi connectivity index (χ2v) is 3.46. The van der Waals surface area contributed by atoms with Crippen LogP contribution in [0.1, 0.15) is 12.8 Å². The van der Waals surface area contributed by atoms with Gasteiger partial charge in [0.15, 0.2) is 5.82 Å². The number of benzene rings is 1. The van der Waals surface area contributed by atoms with Crippen LogP contribution in [0.5, 0.6) is 0 Å². The van der Waals surface area contributed by atoms with Gasteiger partial charge in [0, 0.05) is 6.42 Å². The Bertz CT molecular complexity index is 592. The lowest BCUT2D eigenvalue weighted by atomic mass is 10.3. The zero-order valence-corrected chi connectivity index (χ0v) is 8.77. The lowest BCUT2D eigenvalue weighted by molar-refractivity contribution is 0.510. The summed E-state index contributed by atoms with van der Waals surface area (Å²) >= 11 is 0. The zero-order chi connectivity index (χ0) is 11.0. The summed E-state index contributed by atoms with van der Waals surface area (Å²) in [5, 5.41) is 7.85. The van der Waals surface area contributed by atoms with Gasteiger partial charge < -0.3 is 9.40 Å². The van der Waals surface area contributed by atoms with Crippen molar-refractivity contribution in [3.05, 3.63) is 30.2 Å². The molecule has 0 unspecified atom stereocenters. The van der Waals surface area contributed by atoms with Crippen LogP contribution in [0.25, 0.3) is 22.7 Å². The van der Waals surface area contributed by atoms with Crippen molar-refractivity contribution < 1.29 is 4.42 Å². The van der Waals surface area contributed by atoms with Gasteiger partial charge in [-0.1, -0.05) is 19.1 Å². The van der Waals surface area contributed by atoms with Gasteiger partial charge in [-0.3, -0.25) is 0 Å². The van der Waals surface area contributed by atoms with E-state index in [4.69, 9.17) is 4.42 Å². The highest BCUT2D eigenvalue weighted by molar-refractivity contribution is 5.77. The Morgan fingerprint density at radius 2 is 2.12 bits per heavy atom. The largest absolute Gasteiger partial charge is 0.418 e. The number of nitrogens with one attached hydrogen (secondary N) is 1. The normalized spacial score (nSPS) is 11.1. The fourth-order valence-corrected chi connectivity index (χ4v) is 1.55. The Morgan fingerprint density at radius 3 is 2.88 bits per heavy atom. The molecule has 0 atom stereocenters. The molecule has 2 aromatic heterocycles. The lowest BCUT2D eigenvalue weighted by Crippen LogP contribution is -1.79. The number of aromatic nitrogens is 4. The molecule has 1 N–H and O–H groups in total. The van der Waals surface area contributed by atoms with Gasteiger partial charge >= 0.3 is 0 Å². The number of imidazole rings is 1. The van der Waals surface area contributed by atoms with Crippen LogP contribution < -0.4 is 0 Å². The molecule has 0 fully saturated rings. The molecule has 0 spiro atoms. The van der Waals surface area contributed by atoms with Gasteiger partial charge in [0.2, 0.25) is 5.89 Å².